The average Bonchev–Trinajstić information content (AvgIpc) is 3.73. The maximum absolute atomic E-state index is 13.0. The first kappa shape index (κ1) is 37.9. The lowest BCUT2D eigenvalue weighted by Gasteiger charge is -2.33. The Morgan fingerprint density at radius 3 is 2.38 bits per heavy atom. The van der Waals surface area contributed by atoms with Gasteiger partial charge in [-0.15, -0.1) is 0 Å². The number of ether oxygens (including phenoxy) is 1. The number of piperidine rings is 3. The Kier molecular flexibility index (Phi) is 13.3. The van der Waals surface area contributed by atoms with Crippen LogP contribution in [0.4, 0.5) is 14.7 Å². The van der Waals surface area contributed by atoms with Gasteiger partial charge in [0.1, 0.15) is 17.5 Å². The van der Waals surface area contributed by atoms with Crippen LogP contribution in [0.3, 0.4) is 0 Å². The fourth-order valence-electron chi connectivity index (χ4n) is 7.31. The van der Waals surface area contributed by atoms with Crippen molar-refractivity contribution in [2.45, 2.75) is 102 Å². The Bertz CT molecular complexity index is 1750. The molecule has 4 aliphatic rings. The molecule has 2 unspecified atom stereocenters. The van der Waals surface area contributed by atoms with Crippen molar-refractivity contribution in [2.75, 3.05) is 43.8 Å². The number of anilines is 1. The van der Waals surface area contributed by atoms with E-state index in [1.165, 1.54) is 38.3 Å². The zero-order valence-electron chi connectivity index (χ0n) is 29.5. The summed E-state index contributed by atoms with van der Waals surface area (Å²) in [5.74, 6) is 0.849. The molecule has 7 rings (SSSR count). The van der Waals surface area contributed by atoms with Crippen molar-refractivity contribution in [3.63, 3.8) is 0 Å². The van der Waals surface area contributed by atoms with Gasteiger partial charge in [0.25, 0.3) is 12.0 Å². The number of fused-ring (bicyclic) bond motifs is 1. The minimum absolute atomic E-state index is 0.0659. The van der Waals surface area contributed by atoms with E-state index in [4.69, 9.17) is 4.74 Å². The Morgan fingerprint density at radius 1 is 0.962 bits per heavy atom. The number of aromatic nitrogens is 3. The van der Waals surface area contributed by atoms with Crippen molar-refractivity contribution in [1.82, 2.24) is 29.5 Å². The Morgan fingerprint density at radius 2 is 1.69 bits per heavy atom. The molecule has 1 saturated carbocycles. The molecule has 52 heavy (non-hydrogen) atoms. The monoisotopic (exact) mass is 741 g/mol. The van der Waals surface area contributed by atoms with Crippen LogP contribution in [-0.4, -0.2) is 90.8 Å². The third-order valence-electron chi connectivity index (χ3n) is 10.3. The minimum Gasteiger partial charge on any atom is -0.490 e. The number of amides is 2. The summed E-state index contributed by atoms with van der Waals surface area (Å²) in [5, 5.41) is 6.01. The number of aromatic amines is 1. The van der Waals surface area contributed by atoms with Crippen molar-refractivity contribution in [2.24, 2.45) is 0 Å². The molecule has 2 aromatic heterocycles. The summed E-state index contributed by atoms with van der Waals surface area (Å²) in [6.45, 7) is 4.01. The summed E-state index contributed by atoms with van der Waals surface area (Å²) in [6.07, 6.45) is 11.1. The van der Waals surface area contributed by atoms with E-state index in [1.807, 2.05) is 28.6 Å². The summed E-state index contributed by atoms with van der Waals surface area (Å²) in [5.41, 5.74) is -0.405. The van der Waals surface area contributed by atoms with Gasteiger partial charge < -0.3 is 19.9 Å². The first-order valence-electron chi connectivity index (χ1n) is 18.6. The maximum atomic E-state index is 13.0. The van der Waals surface area contributed by atoms with Gasteiger partial charge in [0, 0.05) is 56.0 Å². The molecule has 5 heterocycles. The van der Waals surface area contributed by atoms with Crippen LogP contribution in [0.5, 0.6) is 5.75 Å². The molecule has 4 fully saturated rings. The van der Waals surface area contributed by atoms with Crippen LogP contribution in [0.2, 0.25) is 0 Å². The fraction of sp³-hybridized carbons (Fsp3) is 0.595. The average molecular weight is 742 g/mol. The first-order valence-corrected chi connectivity index (χ1v) is 19.9. The van der Waals surface area contributed by atoms with E-state index < -0.39 is 28.5 Å². The third kappa shape index (κ3) is 10.4. The number of alkyl halides is 2. The molecule has 0 bridgehead atoms. The SMILES string of the molecule is C1CCCC1.O=C1CCC(c2cccc(OC3CCN(CCCS(=O)N4CCC(Nc5ncc6cc(C(F)F)c(=O)[nH]c6n5)CC4)CC3)c2)C(=O)N1. The molecule has 15 heteroatoms. The van der Waals surface area contributed by atoms with Crippen molar-refractivity contribution >= 4 is 39.8 Å². The molecule has 2 atom stereocenters. The summed E-state index contributed by atoms with van der Waals surface area (Å²) < 4.78 is 47.3. The van der Waals surface area contributed by atoms with E-state index in [-0.39, 0.29) is 35.5 Å². The standard InChI is InChI=1S/C32H39F2N7O5S.C5H10/c33-28(34)26-18-21-19-35-32(39-29(21)38-31(26)44)36-22-7-14-41(15-8-22)47(45)16-2-11-40-12-9-23(10-13-40)46-24-4-1-3-20(17-24)25-5-6-27(42)37-30(25)43;1-2-4-5-3-1/h1,3-4,17-19,22-23,25,28H,2,5-16H2,(H,37,42,43)(H2,35,36,38,39,44);1-5H2. The van der Waals surface area contributed by atoms with E-state index in [0.717, 1.165) is 69.1 Å². The van der Waals surface area contributed by atoms with Gasteiger partial charge in [-0.1, -0.05) is 44.2 Å². The lowest BCUT2D eigenvalue weighted by atomic mass is 9.90. The van der Waals surface area contributed by atoms with Gasteiger partial charge in [0.05, 0.1) is 22.5 Å². The van der Waals surface area contributed by atoms with E-state index >= 15 is 0 Å². The smallest absolute Gasteiger partial charge is 0.269 e. The molecule has 3 saturated heterocycles. The number of carbonyl (C=O) groups excluding carboxylic acids is 2. The predicted octanol–water partition coefficient (Wildman–Crippen LogP) is 5.20. The zero-order valence-corrected chi connectivity index (χ0v) is 30.3. The topological polar surface area (TPSA) is 150 Å². The Balaban J connectivity index is 0.000000856. The van der Waals surface area contributed by atoms with Gasteiger partial charge in [0.15, 0.2) is 0 Å². The molecule has 1 aromatic carbocycles. The van der Waals surface area contributed by atoms with Crippen molar-refractivity contribution < 1.29 is 27.3 Å². The number of likely N-dealkylation sites (tertiary alicyclic amines) is 1. The molecule has 12 nitrogen and oxygen atoms in total. The molecule has 3 aliphatic heterocycles. The van der Waals surface area contributed by atoms with Gasteiger partial charge in [-0.2, -0.15) is 4.98 Å². The van der Waals surface area contributed by atoms with Gasteiger partial charge >= 0.3 is 0 Å². The highest BCUT2D eigenvalue weighted by atomic mass is 32.2. The van der Waals surface area contributed by atoms with Gasteiger partial charge in [-0.25, -0.2) is 22.3 Å². The number of nitrogens with one attached hydrogen (secondary N) is 3. The summed E-state index contributed by atoms with van der Waals surface area (Å²) in [4.78, 5) is 49.0. The van der Waals surface area contributed by atoms with Crippen LogP contribution in [0, 0.1) is 0 Å². The number of nitrogens with zero attached hydrogens (tertiary/aromatic N) is 4. The van der Waals surface area contributed by atoms with E-state index in [1.54, 1.807) is 0 Å². The summed E-state index contributed by atoms with van der Waals surface area (Å²) in [7, 11) is -1.07. The Labute approximate surface area is 305 Å². The number of pyridine rings is 1. The normalized spacial score (nSPS) is 21.5. The molecular formula is C37H49F2N7O5S. The molecular weight excluding hydrogens is 693 g/mol. The highest BCUT2D eigenvalue weighted by Gasteiger charge is 2.29. The number of carbonyl (C=O) groups is 2. The number of halogens is 2. The van der Waals surface area contributed by atoms with Crippen molar-refractivity contribution in [3.8, 4) is 5.75 Å². The largest absolute Gasteiger partial charge is 0.490 e. The van der Waals surface area contributed by atoms with Crippen LogP contribution in [0.1, 0.15) is 101 Å². The van der Waals surface area contributed by atoms with Crippen LogP contribution < -0.4 is 20.9 Å². The number of H-pyrrole nitrogens is 1. The minimum atomic E-state index is -2.87. The second-order valence-electron chi connectivity index (χ2n) is 14.1. The number of imide groups is 1. The number of benzene rings is 1. The molecule has 2 amide bonds. The van der Waals surface area contributed by atoms with Gasteiger partial charge in [-0.3, -0.25) is 19.7 Å². The van der Waals surface area contributed by atoms with Gasteiger partial charge in [-0.05, 0) is 68.8 Å². The fourth-order valence-corrected chi connectivity index (χ4v) is 8.56. The van der Waals surface area contributed by atoms with Crippen LogP contribution in [0.25, 0.3) is 11.0 Å². The lowest BCUT2D eigenvalue weighted by molar-refractivity contribution is -0.134. The molecule has 3 N–H and O–H groups in total. The number of hydrogen-bond donors (Lipinski definition) is 3. The van der Waals surface area contributed by atoms with Crippen molar-refractivity contribution in [3.05, 3.63) is 58.0 Å². The van der Waals surface area contributed by atoms with Crippen LogP contribution in [-0.2, 0) is 20.6 Å². The Hall–Kier alpha value is -3.82. The maximum Gasteiger partial charge on any atom is 0.269 e. The quantitative estimate of drug-likeness (QED) is 0.226. The van der Waals surface area contributed by atoms with E-state index in [0.29, 0.717) is 43.0 Å². The van der Waals surface area contributed by atoms with Crippen molar-refractivity contribution in [1.29, 1.82) is 0 Å². The lowest BCUT2D eigenvalue weighted by Crippen LogP contribution is -2.42. The number of hydrogen-bond acceptors (Lipinski definition) is 9. The molecule has 0 radical (unpaired) electrons. The summed E-state index contributed by atoms with van der Waals surface area (Å²) >= 11 is 0. The molecule has 0 spiro atoms. The van der Waals surface area contributed by atoms with E-state index in [2.05, 4.69) is 30.5 Å². The summed E-state index contributed by atoms with van der Waals surface area (Å²) in [6, 6.07) is 8.80. The highest BCUT2D eigenvalue weighted by Crippen LogP contribution is 2.29. The number of rotatable bonds is 11. The predicted molar refractivity (Wildman–Crippen MR) is 196 cm³/mol. The van der Waals surface area contributed by atoms with Crippen LogP contribution >= 0.6 is 0 Å². The highest BCUT2D eigenvalue weighted by molar-refractivity contribution is 7.82. The third-order valence-corrected chi connectivity index (χ3v) is 11.9. The second-order valence-corrected chi connectivity index (χ2v) is 15.6. The van der Waals surface area contributed by atoms with Crippen LogP contribution in [0.15, 0.2) is 41.3 Å². The van der Waals surface area contributed by atoms with E-state index in [9.17, 15) is 27.4 Å². The first-order chi connectivity index (χ1) is 25.2. The molecule has 282 valence electrons. The zero-order chi connectivity index (χ0) is 36.5. The molecule has 3 aromatic rings. The molecule has 1 aliphatic carbocycles. The van der Waals surface area contributed by atoms with Gasteiger partial charge in [0.2, 0.25) is 17.8 Å². The second kappa shape index (κ2) is 18.3.